The number of hydrogen-bond acceptors (Lipinski definition) is 4. The summed E-state index contributed by atoms with van der Waals surface area (Å²) in [4.78, 5) is 16.3. The Morgan fingerprint density at radius 1 is 1.08 bits per heavy atom. The van der Waals surface area contributed by atoms with E-state index in [0.717, 1.165) is 24.8 Å². The molecule has 24 heavy (non-hydrogen) atoms. The van der Waals surface area contributed by atoms with Crippen LogP contribution in [0.15, 0.2) is 24.3 Å². The molecule has 0 radical (unpaired) electrons. The number of rotatable bonds is 7. The standard InChI is InChI=1S/C19H29N3O2/c20-19(23)16-6-8-18(9-7-16)24-15-3-10-21-11-13-22(14-12-21)17-4-1-2-5-17/h6-9,17H,1-5,10-15H2,(H2,20,23). The maximum absolute atomic E-state index is 11.0. The van der Waals surface area contributed by atoms with Crippen molar-refractivity contribution in [2.24, 2.45) is 5.73 Å². The highest BCUT2D eigenvalue weighted by atomic mass is 16.5. The predicted molar refractivity (Wildman–Crippen MR) is 95.3 cm³/mol. The van der Waals surface area contributed by atoms with E-state index >= 15 is 0 Å². The third kappa shape index (κ3) is 4.71. The lowest BCUT2D eigenvalue weighted by Gasteiger charge is -2.38. The highest BCUT2D eigenvalue weighted by Gasteiger charge is 2.25. The van der Waals surface area contributed by atoms with Gasteiger partial charge in [0, 0.05) is 44.3 Å². The first-order chi connectivity index (χ1) is 11.7. The Morgan fingerprint density at radius 3 is 2.38 bits per heavy atom. The van der Waals surface area contributed by atoms with Crippen LogP contribution in [0.5, 0.6) is 5.75 Å². The number of amides is 1. The number of benzene rings is 1. The minimum Gasteiger partial charge on any atom is -0.494 e. The zero-order valence-corrected chi connectivity index (χ0v) is 14.5. The summed E-state index contributed by atoms with van der Waals surface area (Å²) in [5, 5.41) is 0. The van der Waals surface area contributed by atoms with Gasteiger partial charge in [-0.05, 0) is 43.5 Å². The van der Waals surface area contributed by atoms with Crippen LogP contribution >= 0.6 is 0 Å². The quantitative estimate of drug-likeness (QED) is 0.778. The molecule has 5 nitrogen and oxygen atoms in total. The first-order valence-electron chi connectivity index (χ1n) is 9.21. The fourth-order valence-electron chi connectivity index (χ4n) is 3.82. The van der Waals surface area contributed by atoms with Crippen molar-refractivity contribution in [3.63, 3.8) is 0 Å². The average molecular weight is 331 g/mol. The van der Waals surface area contributed by atoms with Gasteiger partial charge in [-0.25, -0.2) is 0 Å². The summed E-state index contributed by atoms with van der Waals surface area (Å²) >= 11 is 0. The monoisotopic (exact) mass is 331 g/mol. The van der Waals surface area contributed by atoms with E-state index in [1.807, 2.05) is 0 Å². The molecule has 2 N–H and O–H groups in total. The van der Waals surface area contributed by atoms with E-state index in [0.29, 0.717) is 12.2 Å². The molecule has 1 aliphatic heterocycles. The number of ether oxygens (including phenoxy) is 1. The zero-order valence-electron chi connectivity index (χ0n) is 14.5. The number of hydrogen-bond donors (Lipinski definition) is 1. The van der Waals surface area contributed by atoms with Crippen molar-refractivity contribution in [1.82, 2.24) is 9.80 Å². The molecule has 0 bridgehead atoms. The SMILES string of the molecule is NC(=O)c1ccc(OCCCN2CCN(C3CCCC3)CC2)cc1. The van der Waals surface area contributed by atoms with Crippen LogP contribution in [0.3, 0.4) is 0 Å². The summed E-state index contributed by atoms with van der Waals surface area (Å²) in [5.41, 5.74) is 5.75. The Balaban J connectivity index is 1.30. The van der Waals surface area contributed by atoms with Crippen LogP contribution in [-0.2, 0) is 0 Å². The van der Waals surface area contributed by atoms with E-state index in [9.17, 15) is 4.79 Å². The highest BCUT2D eigenvalue weighted by Crippen LogP contribution is 2.24. The molecule has 2 fully saturated rings. The van der Waals surface area contributed by atoms with Gasteiger partial charge in [-0.15, -0.1) is 0 Å². The number of nitrogens with two attached hydrogens (primary N) is 1. The van der Waals surface area contributed by atoms with Crippen molar-refractivity contribution in [1.29, 1.82) is 0 Å². The van der Waals surface area contributed by atoms with Crippen molar-refractivity contribution >= 4 is 5.91 Å². The molecule has 0 aromatic heterocycles. The lowest BCUT2D eigenvalue weighted by molar-refractivity contribution is 0.0941. The maximum Gasteiger partial charge on any atom is 0.248 e. The molecule has 0 unspecified atom stereocenters. The summed E-state index contributed by atoms with van der Waals surface area (Å²) in [6.45, 7) is 6.62. The van der Waals surface area contributed by atoms with Crippen LogP contribution in [0.25, 0.3) is 0 Å². The molecule has 1 heterocycles. The summed E-state index contributed by atoms with van der Waals surface area (Å²) in [7, 11) is 0. The van der Waals surface area contributed by atoms with Crippen molar-refractivity contribution < 1.29 is 9.53 Å². The van der Waals surface area contributed by atoms with Crippen molar-refractivity contribution in [3.05, 3.63) is 29.8 Å². The number of carbonyl (C=O) groups is 1. The topological polar surface area (TPSA) is 58.8 Å². The second-order valence-electron chi connectivity index (χ2n) is 6.91. The van der Waals surface area contributed by atoms with Gasteiger partial charge in [0.25, 0.3) is 0 Å². The molecule has 132 valence electrons. The number of nitrogens with zero attached hydrogens (tertiary/aromatic N) is 2. The molecular weight excluding hydrogens is 302 g/mol. The summed E-state index contributed by atoms with van der Waals surface area (Å²) in [6.07, 6.45) is 6.68. The van der Waals surface area contributed by atoms with Gasteiger partial charge < -0.3 is 15.4 Å². The molecule has 2 aliphatic rings. The molecule has 1 aromatic rings. The fourth-order valence-corrected chi connectivity index (χ4v) is 3.82. The molecule has 3 rings (SSSR count). The Kier molecular flexibility index (Phi) is 6.10. The molecule has 1 saturated carbocycles. The van der Waals surface area contributed by atoms with Gasteiger partial charge in [-0.2, -0.15) is 0 Å². The molecule has 1 saturated heterocycles. The third-order valence-electron chi connectivity index (χ3n) is 5.27. The second-order valence-corrected chi connectivity index (χ2v) is 6.91. The Hall–Kier alpha value is -1.59. The van der Waals surface area contributed by atoms with Crippen LogP contribution in [0, 0.1) is 0 Å². The average Bonchev–Trinajstić information content (AvgIpc) is 3.14. The second kappa shape index (κ2) is 8.49. The van der Waals surface area contributed by atoms with Crippen LogP contribution in [0.2, 0.25) is 0 Å². The maximum atomic E-state index is 11.0. The first-order valence-corrected chi connectivity index (χ1v) is 9.21. The van der Waals surface area contributed by atoms with Crippen LogP contribution in [-0.4, -0.2) is 61.1 Å². The van der Waals surface area contributed by atoms with Gasteiger partial charge in [0.1, 0.15) is 5.75 Å². The Morgan fingerprint density at radius 2 is 1.75 bits per heavy atom. The van der Waals surface area contributed by atoms with E-state index in [-0.39, 0.29) is 0 Å². The van der Waals surface area contributed by atoms with Crippen molar-refractivity contribution in [2.45, 2.75) is 38.1 Å². The van der Waals surface area contributed by atoms with Gasteiger partial charge in [-0.1, -0.05) is 12.8 Å². The van der Waals surface area contributed by atoms with Gasteiger partial charge in [0.05, 0.1) is 6.61 Å². The van der Waals surface area contributed by atoms with Crippen LogP contribution in [0.4, 0.5) is 0 Å². The highest BCUT2D eigenvalue weighted by molar-refractivity contribution is 5.92. The van der Waals surface area contributed by atoms with Gasteiger partial charge in [0.15, 0.2) is 0 Å². The minimum absolute atomic E-state index is 0.404. The fraction of sp³-hybridized carbons (Fsp3) is 0.632. The van der Waals surface area contributed by atoms with Gasteiger partial charge >= 0.3 is 0 Å². The lowest BCUT2D eigenvalue weighted by Crippen LogP contribution is -2.49. The number of primary amides is 1. The molecular formula is C19H29N3O2. The first kappa shape index (κ1) is 17.2. The van der Waals surface area contributed by atoms with Crippen LogP contribution in [0.1, 0.15) is 42.5 Å². The summed E-state index contributed by atoms with van der Waals surface area (Å²) < 4.78 is 5.75. The number of carbonyl (C=O) groups excluding carboxylic acids is 1. The third-order valence-corrected chi connectivity index (χ3v) is 5.27. The molecule has 1 aliphatic carbocycles. The zero-order chi connectivity index (χ0) is 16.8. The van der Waals surface area contributed by atoms with E-state index in [1.54, 1.807) is 24.3 Å². The predicted octanol–water partition coefficient (Wildman–Crippen LogP) is 2.11. The van der Waals surface area contributed by atoms with E-state index in [2.05, 4.69) is 9.80 Å². The van der Waals surface area contributed by atoms with E-state index in [1.165, 1.54) is 51.9 Å². The molecule has 0 spiro atoms. The van der Waals surface area contributed by atoms with Crippen molar-refractivity contribution in [3.8, 4) is 5.75 Å². The van der Waals surface area contributed by atoms with Gasteiger partial charge in [0.2, 0.25) is 5.91 Å². The normalized spacial score (nSPS) is 20.3. The van der Waals surface area contributed by atoms with Crippen LogP contribution < -0.4 is 10.5 Å². The summed E-state index contributed by atoms with van der Waals surface area (Å²) in [5.74, 6) is 0.393. The molecule has 0 atom stereocenters. The molecule has 1 amide bonds. The lowest BCUT2D eigenvalue weighted by atomic mass is 10.2. The van der Waals surface area contributed by atoms with E-state index < -0.39 is 5.91 Å². The van der Waals surface area contributed by atoms with E-state index in [4.69, 9.17) is 10.5 Å². The van der Waals surface area contributed by atoms with Crippen molar-refractivity contribution in [2.75, 3.05) is 39.3 Å². The van der Waals surface area contributed by atoms with Gasteiger partial charge in [-0.3, -0.25) is 9.69 Å². The minimum atomic E-state index is -0.404. The molecule has 1 aromatic carbocycles. The summed E-state index contributed by atoms with van der Waals surface area (Å²) in [6, 6.07) is 7.89. The molecule has 5 heteroatoms. The number of piperazine rings is 1. The Bertz CT molecular complexity index is 518. The largest absolute Gasteiger partial charge is 0.494 e. The smallest absolute Gasteiger partial charge is 0.248 e. The Labute approximate surface area is 144 Å².